The first kappa shape index (κ1) is 12.7. The van der Waals surface area contributed by atoms with Gasteiger partial charge in [0.15, 0.2) is 0 Å². The van der Waals surface area contributed by atoms with E-state index in [4.69, 9.17) is 0 Å². The Balaban J connectivity index is 2.72. The molecule has 3 N–H and O–H groups in total. The fraction of sp³-hybridized carbons (Fsp3) is 0.636. The van der Waals surface area contributed by atoms with Crippen LogP contribution < -0.4 is 10.6 Å². The normalized spacial score (nSPS) is 11.3. The summed E-state index contributed by atoms with van der Waals surface area (Å²) in [5.74, 6) is 2.23. The van der Waals surface area contributed by atoms with Gasteiger partial charge in [-0.2, -0.15) is 0 Å². The van der Waals surface area contributed by atoms with E-state index >= 15 is 0 Å². The van der Waals surface area contributed by atoms with Gasteiger partial charge in [-0.25, -0.2) is 9.97 Å². The average Bonchev–Trinajstić information content (AvgIpc) is 2.13. The number of aliphatic hydroxyl groups is 1. The molecule has 16 heavy (non-hydrogen) atoms. The van der Waals surface area contributed by atoms with Gasteiger partial charge in [0.1, 0.15) is 17.5 Å². The second-order valence-electron chi connectivity index (χ2n) is 4.38. The third-order valence-electron chi connectivity index (χ3n) is 1.90. The van der Waals surface area contributed by atoms with Crippen molar-refractivity contribution in [2.24, 2.45) is 0 Å². The topological polar surface area (TPSA) is 70.1 Å². The molecule has 1 heterocycles. The third-order valence-corrected chi connectivity index (χ3v) is 1.90. The van der Waals surface area contributed by atoms with Crippen molar-refractivity contribution < 1.29 is 5.11 Å². The predicted molar refractivity (Wildman–Crippen MR) is 65.7 cm³/mol. The smallest absolute Gasteiger partial charge is 0.131 e. The summed E-state index contributed by atoms with van der Waals surface area (Å²) in [6, 6.07) is 1.84. The monoisotopic (exact) mass is 224 g/mol. The number of hydrogen-bond donors (Lipinski definition) is 3. The average molecular weight is 224 g/mol. The highest BCUT2D eigenvalue weighted by molar-refractivity contribution is 5.47. The van der Waals surface area contributed by atoms with Crippen LogP contribution in [0.25, 0.3) is 0 Å². The minimum atomic E-state index is -0.753. The molecule has 0 amide bonds. The molecule has 0 bridgehead atoms. The Morgan fingerprint density at radius 1 is 1.25 bits per heavy atom. The number of aryl methyl sites for hydroxylation is 1. The van der Waals surface area contributed by atoms with E-state index in [9.17, 15) is 5.11 Å². The number of hydrogen-bond acceptors (Lipinski definition) is 5. The van der Waals surface area contributed by atoms with Gasteiger partial charge < -0.3 is 15.7 Å². The summed E-state index contributed by atoms with van der Waals surface area (Å²) in [6.45, 7) is 8.63. The highest BCUT2D eigenvalue weighted by Gasteiger charge is 2.12. The summed E-state index contributed by atoms with van der Waals surface area (Å²) in [4.78, 5) is 8.49. The molecule has 0 aliphatic carbocycles. The SMILES string of the molecule is CCNc1cc(NCC(C)(C)O)nc(C)n1. The van der Waals surface area contributed by atoms with Gasteiger partial charge in [-0.05, 0) is 27.7 Å². The lowest BCUT2D eigenvalue weighted by molar-refractivity contribution is 0.0944. The van der Waals surface area contributed by atoms with Crippen LogP contribution in [0.3, 0.4) is 0 Å². The number of anilines is 2. The Morgan fingerprint density at radius 2 is 1.81 bits per heavy atom. The highest BCUT2D eigenvalue weighted by atomic mass is 16.3. The van der Waals surface area contributed by atoms with Crippen LogP contribution in [0, 0.1) is 6.92 Å². The molecule has 5 nitrogen and oxygen atoms in total. The molecular formula is C11H20N4O. The predicted octanol–water partition coefficient (Wildman–Crippen LogP) is 1.40. The van der Waals surface area contributed by atoms with Gasteiger partial charge in [0, 0.05) is 19.2 Å². The first-order chi connectivity index (χ1) is 7.40. The molecule has 0 unspecified atom stereocenters. The second kappa shape index (κ2) is 5.12. The summed E-state index contributed by atoms with van der Waals surface area (Å²) in [6.07, 6.45) is 0. The molecule has 0 aliphatic heterocycles. The Bertz CT molecular complexity index is 346. The van der Waals surface area contributed by atoms with Crippen molar-refractivity contribution in [2.45, 2.75) is 33.3 Å². The summed E-state index contributed by atoms with van der Waals surface area (Å²) in [5, 5.41) is 15.8. The van der Waals surface area contributed by atoms with Crippen molar-refractivity contribution in [2.75, 3.05) is 23.7 Å². The molecule has 0 saturated carbocycles. The van der Waals surface area contributed by atoms with Crippen LogP contribution in [-0.2, 0) is 0 Å². The molecule has 90 valence electrons. The van der Waals surface area contributed by atoms with Gasteiger partial charge in [-0.15, -0.1) is 0 Å². The van der Waals surface area contributed by atoms with Crippen LogP contribution in [0.1, 0.15) is 26.6 Å². The third kappa shape index (κ3) is 4.44. The molecular weight excluding hydrogens is 204 g/mol. The largest absolute Gasteiger partial charge is 0.389 e. The van der Waals surface area contributed by atoms with Gasteiger partial charge in [0.2, 0.25) is 0 Å². The first-order valence-corrected chi connectivity index (χ1v) is 5.46. The van der Waals surface area contributed by atoms with E-state index in [1.165, 1.54) is 0 Å². The van der Waals surface area contributed by atoms with Gasteiger partial charge in [0.25, 0.3) is 0 Å². The molecule has 0 saturated heterocycles. The molecule has 0 fully saturated rings. The molecule has 1 aromatic heterocycles. The summed E-state index contributed by atoms with van der Waals surface area (Å²) >= 11 is 0. The number of rotatable bonds is 5. The maximum absolute atomic E-state index is 9.60. The Hall–Kier alpha value is -1.36. The van der Waals surface area contributed by atoms with E-state index < -0.39 is 5.60 Å². The lowest BCUT2D eigenvalue weighted by Crippen LogP contribution is -2.29. The Morgan fingerprint density at radius 3 is 2.31 bits per heavy atom. The van der Waals surface area contributed by atoms with Gasteiger partial charge in [-0.3, -0.25) is 0 Å². The molecule has 0 radical (unpaired) electrons. The summed E-state index contributed by atoms with van der Waals surface area (Å²) < 4.78 is 0. The van der Waals surface area contributed by atoms with Crippen LogP contribution in [0.4, 0.5) is 11.6 Å². The van der Waals surface area contributed by atoms with Gasteiger partial charge >= 0.3 is 0 Å². The fourth-order valence-corrected chi connectivity index (χ4v) is 1.24. The lowest BCUT2D eigenvalue weighted by Gasteiger charge is -2.18. The molecule has 0 spiro atoms. The first-order valence-electron chi connectivity index (χ1n) is 5.46. The molecule has 1 aromatic rings. The van der Waals surface area contributed by atoms with Crippen molar-refractivity contribution >= 4 is 11.6 Å². The quantitative estimate of drug-likeness (QED) is 0.705. The van der Waals surface area contributed by atoms with Crippen LogP contribution in [0.2, 0.25) is 0 Å². The fourth-order valence-electron chi connectivity index (χ4n) is 1.24. The molecule has 0 aliphatic rings. The van der Waals surface area contributed by atoms with Crippen LogP contribution in [0.5, 0.6) is 0 Å². The van der Waals surface area contributed by atoms with E-state index in [1.807, 2.05) is 19.9 Å². The van der Waals surface area contributed by atoms with Crippen molar-refractivity contribution in [3.63, 3.8) is 0 Å². The number of nitrogens with zero attached hydrogens (tertiary/aromatic N) is 2. The van der Waals surface area contributed by atoms with Crippen LogP contribution >= 0.6 is 0 Å². The Kier molecular flexibility index (Phi) is 4.06. The van der Waals surface area contributed by atoms with Gasteiger partial charge in [-0.1, -0.05) is 0 Å². The lowest BCUT2D eigenvalue weighted by atomic mass is 10.1. The Labute approximate surface area is 96.3 Å². The summed E-state index contributed by atoms with van der Waals surface area (Å²) in [5.41, 5.74) is -0.753. The summed E-state index contributed by atoms with van der Waals surface area (Å²) in [7, 11) is 0. The van der Waals surface area contributed by atoms with Crippen molar-refractivity contribution in [1.82, 2.24) is 9.97 Å². The second-order valence-corrected chi connectivity index (χ2v) is 4.38. The van der Waals surface area contributed by atoms with E-state index in [2.05, 4.69) is 20.6 Å². The highest BCUT2D eigenvalue weighted by Crippen LogP contribution is 2.12. The zero-order valence-electron chi connectivity index (χ0n) is 10.3. The maximum atomic E-state index is 9.60. The minimum absolute atomic E-state index is 0.453. The van der Waals surface area contributed by atoms with Gasteiger partial charge in [0.05, 0.1) is 5.60 Å². The van der Waals surface area contributed by atoms with E-state index in [1.54, 1.807) is 13.8 Å². The minimum Gasteiger partial charge on any atom is -0.389 e. The van der Waals surface area contributed by atoms with E-state index in [0.29, 0.717) is 12.4 Å². The molecule has 0 atom stereocenters. The van der Waals surface area contributed by atoms with Crippen LogP contribution in [-0.4, -0.2) is 33.8 Å². The zero-order valence-corrected chi connectivity index (χ0v) is 10.3. The van der Waals surface area contributed by atoms with Crippen molar-refractivity contribution in [3.8, 4) is 0 Å². The number of aromatic nitrogens is 2. The molecule has 5 heteroatoms. The molecule has 1 rings (SSSR count). The maximum Gasteiger partial charge on any atom is 0.131 e. The van der Waals surface area contributed by atoms with Crippen LogP contribution in [0.15, 0.2) is 6.07 Å². The zero-order chi connectivity index (χ0) is 12.2. The standard InChI is InChI=1S/C11H20N4O/c1-5-12-9-6-10(15-8(2)14-9)13-7-11(3,4)16/h6,16H,5,7H2,1-4H3,(H2,12,13,14,15). The van der Waals surface area contributed by atoms with E-state index in [-0.39, 0.29) is 0 Å². The van der Waals surface area contributed by atoms with E-state index in [0.717, 1.165) is 18.2 Å². The number of nitrogens with one attached hydrogen (secondary N) is 2. The van der Waals surface area contributed by atoms with Crippen molar-refractivity contribution in [1.29, 1.82) is 0 Å². The van der Waals surface area contributed by atoms with Crippen molar-refractivity contribution in [3.05, 3.63) is 11.9 Å². The molecule has 0 aromatic carbocycles.